The van der Waals surface area contributed by atoms with Crippen molar-refractivity contribution in [3.8, 4) is 0 Å². The summed E-state index contributed by atoms with van der Waals surface area (Å²) in [6.45, 7) is 10.5. The molecule has 200 valence electrons. The maximum Gasteiger partial charge on any atom is 0.131 e. The van der Waals surface area contributed by atoms with Crippen LogP contribution in [0.25, 0.3) is 5.57 Å². The van der Waals surface area contributed by atoms with Gasteiger partial charge in [-0.1, -0.05) is 47.1 Å². The number of nitrogens with one attached hydrogen (secondary N) is 3. The number of allylic oxidation sites excluding steroid dienone is 6. The highest BCUT2D eigenvalue weighted by Crippen LogP contribution is 2.29. The third kappa shape index (κ3) is 7.73. The van der Waals surface area contributed by atoms with Crippen molar-refractivity contribution in [1.82, 2.24) is 20.9 Å². The predicted octanol–water partition coefficient (Wildman–Crippen LogP) is 5.35. The van der Waals surface area contributed by atoms with Gasteiger partial charge >= 0.3 is 0 Å². The topological polar surface area (TPSA) is 39.3 Å². The highest BCUT2D eigenvalue weighted by atomic mass is 19.1. The zero-order chi connectivity index (χ0) is 25.5. The second kappa shape index (κ2) is 13.1. The van der Waals surface area contributed by atoms with Crippen molar-refractivity contribution in [3.63, 3.8) is 0 Å². The first kappa shape index (κ1) is 26.6. The summed E-state index contributed by atoms with van der Waals surface area (Å²) in [6.07, 6.45) is 17.5. The highest BCUT2D eigenvalue weighted by molar-refractivity contribution is 5.76. The molecule has 0 bridgehead atoms. The maximum atomic E-state index is 14.9. The molecule has 2 saturated heterocycles. The smallest absolute Gasteiger partial charge is 0.131 e. The standard InChI is InChI=1S/C32H45FN4/c1-24-22-37(15-14-36-24)23-29-6-3-7-30(18-29)31-19-28(8-9-32(31)33)21-35-20-27-5-2-4-26(17-27)16-25-10-12-34-13-11-25/h4,7-9,17-19,24-25,34-36H,2-3,5-6,10-16,20-23H2,1H3/t24-/m0/s1. The number of benzene rings is 1. The first-order valence-electron chi connectivity index (χ1n) is 14.6. The minimum absolute atomic E-state index is 0.119. The summed E-state index contributed by atoms with van der Waals surface area (Å²) in [5.41, 5.74) is 7.39. The fraction of sp³-hybridized carbons (Fsp3) is 0.562. The third-order valence-corrected chi connectivity index (χ3v) is 8.34. The van der Waals surface area contributed by atoms with Crippen molar-refractivity contribution in [2.75, 3.05) is 45.8 Å². The first-order valence-corrected chi connectivity index (χ1v) is 14.6. The van der Waals surface area contributed by atoms with Crippen molar-refractivity contribution >= 4 is 5.57 Å². The zero-order valence-corrected chi connectivity index (χ0v) is 22.6. The predicted molar refractivity (Wildman–Crippen MR) is 153 cm³/mol. The second-order valence-electron chi connectivity index (χ2n) is 11.5. The van der Waals surface area contributed by atoms with Gasteiger partial charge < -0.3 is 16.0 Å². The molecular weight excluding hydrogens is 459 g/mol. The number of hydrogen-bond acceptors (Lipinski definition) is 4. The lowest BCUT2D eigenvalue weighted by Gasteiger charge is -2.33. The molecule has 0 saturated carbocycles. The molecule has 4 aliphatic rings. The van der Waals surface area contributed by atoms with Gasteiger partial charge in [-0.05, 0) is 94.1 Å². The van der Waals surface area contributed by atoms with Crippen molar-refractivity contribution < 1.29 is 4.39 Å². The van der Waals surface area contributed by atoms with Crippen molar-refractivity contribution in [2.45, 2.75) is 64.5 Å². The SMILES string of the molecule is C[C@H]1CN(CC2=CC(c3cc(CNCC4=CC(CC5CCNCC5)=CCC4)ccc3F)=CCC2)CCN1. The normalized spacial score (nSPS) is 23.8. The van der Waals surface area contributed by atoms with Crippen LogP contribution in [0.3, 0.4) is 0 Å². The lowest BCUT2D eigenvalue weighted by molar-refractivity contribution is 0.221. The summed E-state index contributed by atoms with van der Waals surface area (Å²) in [5.74, 6) is 0.712. The van der Waals surface area contributed by atoms with Crippen LogP contribution in [0.1, 0.15) is 63.0 Å². The number of rotatable bonds is 9. The van der Waals surface area contributed by atoms with E-state index in [0.29, 0.717) is 6.04 Å². The highest BCUT2D eigenvalue weighted by Gasteiger charge is 2.19. The Balaban J connectivity index is 1.16. The van der Waals surface area contributed by atoms with E-state index in [9.17, 15) is 4.39 Å². The molecule has 2 aliphatic heterocycles. The lowest BCUT2D eigenvalue weighted by Crippen LogP contribution is -2.49. The van der Waals surface area contributed by atoms with E-state index >= 15 is 0 Å². The summed E-state index contributed by atoms with van der Waals surface area (Å²) in [4.78, 5) is 2.53. The molecule has 1 atom stereocenters. The molecule has 5 rings (SSSR count). The average Bonchev–Trinajstić information content (AvgIpc) is 2.91. The van der Waals surface area contributed by atoms with E-state index in [-0.39, 0.29) is 5.82 Å². The van der Waals surface area contributed by atoms with Crippen LogP contribution in [0, 0.1) is 11.7 Å². The molecule has 5 heteroatoms. The number of halogens is 1. The van der Waals surface area contributed by atoms with Gasteiger partial charge in [0, 0.05) is 50.9 Å². The number of hydrogen-bond donors (Lipinski definition) is 3. The van der Waals surface area contributed by atoms with Crippen LogP contribution >= 0.6 is 0 Å². The Labute approximate surface area is 223 Å². The molecule has 0 radical (unpaired) electrons. The van der Waals surface area contributed by atoms with Gasteiger partial charge in [0.25, 0.3) is 0 Å². The molecule has 37 heavy (non-hydrogen) atoms. The van der Waals surface area contributed by atoms with E-state index in [4.69, 9.17) is 0 Å². The van der Waals surface area contributed by atoms with E-state index in [2.05, 4.69) is 58.1 Å². The van der Waals surface area contributed by atoms with Gasteiger partial charge in [0.1, 0.15) is 5.82 Å². The lowest BCUT2D eigenvalue weighted by atomic mass is 9.87. The molecule has 0 unspecified atom stereocenters. The van der Waals surface area contributed by atoms with Gasteiger partial charge in [-0.3, -0.25) is 4.90 Å². The Hall–Kier alpha value is -2.05. The van der Waals surface area contributed by atoms with Gasteiger partial charge in [0.05, 0.1) is 0 Å². The van der Waals surface area contributed by atoms with Crippen LogP contribution in [0.2, 0.25) is 0 Å². The first-order chi connectivity index (χ1) is 18.1. The number of piperidine rings is 1. The van der Waals surface area contributed by atoms with Gasteiger partial charge in [-0.15, -0.1) is 0 Å². The Bertz CT molecular complexity index is 1050. The third-order valence-electron chi connectivity index (χ3n) is 8.34. The van der Waals surface area contributed by atoms with Crippen LogP contribution < -0.4 is 16.0 Å². The Morgan fingerprint density at radius 2 is 1.84 bits per heavy atom. The summed E-state index contributed by atoms with van der Waals surface area (Å²) >= 11 is 0. The fourth-order valence-corrected chi connectivity index (χ4v) is 6.33. The monoisotopic (exact) mass is 504 g/mol. The van der Waals surface area contributed by atoms with Gasteiger partial charge in [0.15, 0.2) is 0 Å². The molecule has 1 aromatic carbocycles. The van der Waals surface area contributed by atoms with Crippen molar-refractivity contribution in [3.05, 3.63) is 76.2 Å². The minimum atomic E-state index is -0.119. The Morgan fingerprint density at radius 1 is 1.00 bits per heavy atom. The molecule has 2 aliphatic carbocycles. The molecule has 2 fully saturated rings. The Morgan fingerprint density at radius 3 is 2.70 bits per heavy atom. The molecular formula is C32H45FN4. The van der Waals surface area contributed by atoms with E-state index in [1.807, 2.05) is 6.07 Å². The second-order valence-corrected chi connectivity index (χ2v) is 11.5. The summed E-state index contributed by atoms with van der Waals surface area (Å²) in [7, 11) is 0. The molecule has 3 N–H and O–H groups in total. The molecule has 0 aromatic heterocycles. The molecule has 1 aromatic rings. The van der Waals surface area contributed by atoms with Crippen molar-refractivity contribution in [2.24, 2.45) is 5.92 Å². The molecule has 2 heterocycles. The van der Waals surface area contributed by atoms with Crippen LogP contribution in [-0.4, -0.2) is 56.8 Å². The quantitative estimate of drug-likeness (QED) is 0.424. The molecule has 4 nitrogen and oxygen atoms in total. The van der Waals surface area contributed by atoms with E-state index < -0.39 is 0 Å². The van der Waals surface area contributed by atoms with Gasteiger partial charge in [-0.25, -0.2) is 4.39 Å². The van der Waals surface area contributed by atoms with Crippen LogP contribution in [-0.2, 0) is 6.54 Å². The van der Waals surface area contributed by atoms with Crippen molar-refractivity contribution in [1.29, 1.82) is 0 Å². The van der Waals surface area contributed by atoms with Crippen LogP contribution in [0.15, 0.2) is 59.2 Å². The summed E-state index contributed by atoms with van der Waals surface area (Å²) in [6, 6.07) is 6.17. The summed E-state index contributed by atoms with van der Waals surface area (Å²) < 4.78 is 14.9. The van der Waals surface area contributed by atoms with Gasteiger partial charge in [0.2, 0.25) is 0 Å². The minimum Gasteiger partial charge on any atom is -0.317 e. The molecule has 0 spiro atoms. The largest absolute Gasteiger partial charge is 0.317 e. The van der Waals surface area contributed by atoms with E-state index in [1.54, 1.807) is 6.07 Å². The van der Waals surface area contributed by atoms with Gasteiger partial charge in [-0.2, -0.15) is 0 Å². The summed E-state index contributed by atoms with van der Waals surface area (Å²) in [5, 5.41) is 10.6. The fourth-order valence-electron chi connectivity index (χ4n) is 6.33. The number of nitrogens with zero attached hydrogens (tertiary/aromatic N) is 1. The van der Waals surface area contributed by atoms with E-state index in [1.165, 1.54) is 49.1 Å². The maximum absolute atomic E-state index is 14.9. The number of piperazine rings is 1. The van der Waals surface area contributed by atoms with Crippen LogP contribution in [0.4, 0.5) is 4.39 Å². The van der Waals surface area contributed by atoms with Crippen LogP contribution in [0.5, 0.6) is 0 Å². The Kier molecular flexibility index (Phi) is 9.43. The zero-order valence-electron chi connectivity index (χ0n) is 22.6. The average molecular weight is 505 g/mol. The van der Waals surface area contributed by atoms with E-state index in [0.717, 1.165) is 87.6 Å². The molecule has 0 amide bonds.